The molecule has 6 heteroatoms. The Morgan fingerprint density at radius 3 is 2.67 bits per heavy atom. The fraction of sp³-hybridized carbons (Fsp3) is 0.400. The molecule has 6 nitrogen and oxygen atoms in total. The fourth-order valence-corrected chi connectivity index (χ4v) is 6.06. The van der Waals surface area contributed by atoms with Gasteiger partial charge in [-0.05, 0) is 55.5 Å². The van der Waals surface area contributed by atoms with E-state index < -0.39 is 0 Å². The number of benzene rings is 2. The highest BCUT2D eigenvalue weighted by Crippen LogP contribution is 2.58. The first kappa shape index (κ1) is 22.0. The summed E-state index contributed by atoms with van der Waals surface area (Å²) in [6.45, 7) is 5.39. The summed E-state index contributed by atoms with van der Waals surface area (Å²) in [4.78, 5) is 12.6. The molecule has 1 saturated carbocycles. The fourth-order valence-electron chi connectivity index (χ4n) is 6.06. The minimum Gasteiger partial charge on any atom is -0.473 e. The van der Waals surface area contributed by atoms with E-state index in [1.807, 2.05) is 24.3 Å². The number of hydrogen-bond donors (Lipinski definition) is 0. The second kappa shape index (κ2) is 9.02. The van der Waals surface area contributed by atoms with Crippen molar-refractivity contribution in [2.75, 3.05) is 19.7 Å². The highest BCUT2D eigenvalue weighted by Gasteiger charge is 2.58. The summed E-state index contributed by atoms with van der Waals surface area (Å²) >= 11 is 0. The van der Waals surface area contributed by atoms with Crippen LogP contribution in [-0.4, -0.2) is 45.2 Å². The van der Waals surface area contributed by atoms with Gasteiger partial charge in [0.1, 0.15) is 12.4 Å². The van der Waals surface area contributed by atoms with Crippen molar-refractivity contribution < 1.29 is 9.47 Å². The molecule has 3 atom stereocenters. The van der Waals surface area contributed by atoms with Crippen LogP contribution in [0.5, 0.6) is 5.88 Å². The van der Waals surface area contributed by atoms with Gasteiger partial charge in [-0.1, -0.05) is 48.5 Å². The molecule has 7 rings (SSSR count). The Bertz CT molecular complexity index is 1370. The molecule has 0 radical (unpaired) electrons. The summed E-state index contributed by atoms with van der Waals surface area (Å²) < 4.78 is 14.2. The van der Waals surface area contributed by atoms with E-state index in [-0.39, 0.29) is 5.41 Å². The lowest BCUT2D eigenvalue weighted by Gasteiger charge is -2.32. The zero-order chi connectivity index (χ0) is 24.0. The first-order valence-electron chi connectivity index (χ1n) is 13.2. The van der Waals surface area contributed by atoms with Gasteiger partial charge in [0.25, 0.3) is 0 Å². The van der Waals surface area contributed by atoms with Crippen molar-refractivity contribution in [3.63, 3.8) is 0 Å². The Hall–Kier alpha value is -3.22. The van der Waals surface area contributed by atoms with E-state index in [0.29, 0.717) is 18.6 Å². The van der Waals surface area contributed by atoms with Gasteiger partial charge >= 0.3 is 0 Å². The maximum Gasteiger partial charge on any atom is 0.213 e. The molecule has 4 heterocycles. The molecule has 2 aliphatic heterocycles. The van der Waals surface area contributed by atoms with Crippen molar-refractivity contribution >= 4 is 11.0 Å². The molecular weight excluding hydrogens is 448 g/mol. The molecule has 2 aromatic heterocycles. The maximum absolute atomic E-state index is 6.03. The van der Waals surface area contributed by atoms with Crippen LogP contribution in [0.25, 0.3) is 11.0 Å². The molecule has 2 aromatic carbocycles. The highest BCUT2D eigenvalue weighted by molar-refractivity contribution is 5.75. The lowest BCUT2D eigenvalue weighted by molar-refractivity contribution is -0.0592. The molecule has 1 aliphatic carbocycles. The number of aromatic nitrogens is 3. The quantitative estimate of drug-likeness (QED) is 0.357. The minimum absolute atomic E-state index is 0.211. The number of para-hydroxylation sites is 2. The van der Waals surface area contributed by atoms with E-state index in [4.69, 9.17) is 19.4 Å². The van der Waals surface area contributed by atoms with Crippen LogP contribution in [0.3, 0.4) is 0 Å². The third kappa shape index (κ3) is 4.08. The summed E-state index contributed by atoms with van der Waals surface area (Å²) in [5.41, 5.74) is 4.88. The van der Waals surface area contributed by atoms with Crippen molar-refractivity contribution in [2.45, 2.75) is 50.5 Å². The number of piperidine rings is 1. The molecule has 0 bridgehead atoms. The Kier molecular flexibility index (Phi) is 5.51. The van der Waals surface area contributed by atoms with Gasteiger partial charge in [0.05, 0.1) is 35.9 Å². The number of fused-ring (bicyclic) bond motifs is 2. The normalized spacial score (nSPS) is 25.3. The number of rotatable bonds is 8. The van der Waals surface area contributed by atoms with Crippen LogP contribution >= 0.6 is 0 Å². The minimum atomic E-state index is 0.211. The monoisotopic (exact) mass is 480 g/mol. The first-order valence-corrected chi connectivity index (χ1v) is 13.2. The summed E-state index contributed by atoms with van der Waals surface area (Å²) in [6, 6.07) is 25.1. The number of hydrogen-bond acceptors (Lipinski definition) is 5. The van der Waals surface area contributed by atoms with Crippen molar-refractivity contribution in [2.24, 2.45) is 5.92 Å². The predicted octanol–water partition coefficient (Wildman–Crippen LogP) is 4.96. The molecule has 4 aromatic rings. The van der Waals surface area contributed by atoms with Crippen LogP contribution in [0.2, 0.25) is 0 Å². The molecule has 0 spiro atoms. The van der Waals surface area contributed by atoms with E-state index in [9.17, 15) is 0 Å². The van der Waals surface area contributed by atoms with Crippen molar-refractivity contribution in [1.29, 1.82) is 0 Å². The summed E-state index contributed by atoms with van der Waals surface area (Å²) in [5.74, 6) is 2.54. The van der Waals surface area contributed by atoms with Gasteiger partial charge in [-0.3, -0.25) is 4.90 Å². The Balaban J connectivity index is 1.03. The predicted molar refractivity (Wildman–Crippen MR) is 139 cm³/mol. The van der Waals surface area contributed by atoms with Gasteiger partial charge < -0.3 is 14.0 Å². The molecule has 36 heavy (non-hydrogen) atoms. The summed E-state index contributed by atoms with van der Waals surface area (Å²) in [6.07, 6.45) is 3.81. The van der Waals surface area contributed by atoms with E-state index >= 15 is 0 Å². The van der Waals surface area contributed by atoms with Gasteiger partial charge in [-0.15, -0.1) is 0 Å². The Labute approximate surface area is 211 Å². The van der Waals surface area contributed by atoms with E-state index in [1.165, 1.54) is 17.6 Å². The van der Waals surface area contributed by atoms with Gasteiger partial charge in [0, 0.05) is 24.6 Å². The van der Waals surface area contributed by atoms with Crippen LogP contribution in [0.1, 0.15) is 36.3 Å². The average Bonchev–Trinajstić information content (AvgIpc) is 3.53. The molecule has 3 fully saturated rings. The van der Waals surface area contributed by atoms with Gasteiger partial charge in [-0.25, -0.2) is 9.97 Å². The third-order valence-electron chi connectivity index (χ3n) is 8.33. The topological polar surface area (TPSA) is 52.4 Å². The van der Waals surface area contributed by atoms with Crippen molar-refractivity contribution in [1.82, 2.24) is 19.4 Å². The Morgan fingerprint density at radius 1 is 0.972 bits per heavy atom. The summed E-state index contributed by atoms with van der Waals surface area (Å²) in [7, 11) is 0. The van der Waals surface area contributed by atoms with Crippen LogP contribution < -0.4 is 4.74 Å². The number of likely N-dealkylation sites (tertiary alicyclic amines) is 1. The largest absolute Gasteiger partial charge is 0.473 e. The van der Waals surface area contributed by atoms with Crippen LogP contribution in [0, 0.1) is 5.92 Å². The molecule has 0 unspecified atom stereocenters. The second-order valence-corrected chi connectivity index (χ2v) is 10.6. The van der Waals surface area contributed by atoms with Crippen molar-refractivity contribution in [3.8, 4) is 5.88 Å². The Morgan fingerprint density at radius 2 is 1.83 bits per heavy atom. The highest BCUT2D eigenvalue weighted by atomic mass is 16.5. The van der Waals surface area contributed by atoms with Crippen molar-refractivity contribution in [3.05, 3.63) is 89.9 Å². The van der Waals surface area contributed by atoms with Gasteiger partial charge in [-0.2, -0.15) is 0 Å². The average molecular weight is 481 g/mol. The molecule has 3 aliphatic rings. The smallest absolute Gasteiger partial charge is 0.213 e. The van der Waals surface area contributed by atoms with Crippen LogP contribution in [0.4, 0.5) is 0 Å². The number of pyridine rings is 1. The van der Waals surface area contributed by atoms with E-state index in [0.717, 1.165) is 68.4 Å². The maximum atomic E-state index is 6.03. The molecule has 2 saturated heterocycles. The van der Waals surface area contributed by atoms with Gasteiger partial charge in [0.2, 0.25) is 5.88 Å². The van der Waals surface area contributed by atoms with Crippen LogP contribution in [0.15, 0.2) is 72.8 Å². The number of ether oxygens (including phenoxy) is 2. The zero-order valence-corrected chi connectivity index (χ0v) is 20.6. The lowest BCUT2D eigenvalue weighted by Crippen LogP contribution is -2.37. The van der Waals surface area contributed by atoms with E-state index in [1.54, 1.807) is 0 Å². The number of imidazole rings is 1. The zero-order valence-electron chi connectivity index (χ0n) is 20.6. The standard InChI is InChI=1S/C30H32N4O2/c1-2-7-22(8-3-1)21-36-29-12-6-11-27(32-29)30-14-15-33(18-23(30)17-30)20-28-31-25-9-4-5-10-26(25)34(28)19-24-13-16-35-24/h1-12,23-24H,13-21H2/t23-,24+,30+/m1/s1. The lowest BCUT2D eigenvalue weighted by atomic mass is 9.91. The second-order valence-electron chi connectivity index (χ2n) is 10.6. The molecular formula is C30H32N4O2. The molecule has 0 amide bonds. The molecule has 0 N–H and O–H groups in total. The third-order valence-corrected chi connectivity index (χ3v) is 8.33. The number of nitrogens with zero attached hydrogens (tertiary/aromatic N) is 4. The van der Waals surface area contributed by atoms with E-state index in [2.05, 4.69) is 58.0 Å². The SMILES string of the molecule is c1ccc(COc2cccc([C@]34CCN(Cc5nc6ccccc6n5C[C@@H]5CCO5)C[C@H]3C4)n2)cc1. The van der Waals surface area contributed by atoms with Crippen LogP contribution in [-0.2, 0) is 29.8 Å². The summed E-state index contributed by atoms with van der Waals surface area (Å²) in [5, 5.41) is 0. The van der Waals surface area contributed by atoms with Gasteiger partial charge in [0.15, 0.2) is 0 Å². The molecule has 184 valence electrons. The first-order chi connectivity index (χ1) is 17.8.